The number of piperidine rings is 1. The number of aryl methyl sites for hydroxylation is 1. The molecule has 1 amide bonds. The summed E-state index contributed by atoms with van der Waals surface area (Å²) in [4.78, 5) is 19.2. The predicted octanol–water partition coefficient (Wildman–Crippen LogP) is 1.25. The van der Waals surface area contributed by atoms with Gasteiger partial charge in [0, 0.05) is 31.5 Å². The fourth-order valence-corrected chi connectivity index (χ4v) is 3.69. The number of rotatable bonds is 1. The van der Waals surface area contributed by atoms with Crippen molar-refractivity contribution in [1.82, 2.24) is 24.8 Å². The van der Waals surface area contributed by atoms with Crippen LogP contribution < -0.4 is 5.32 Å². The molecule has 0 unspecified atom stereocenters. The smallest absolute Gasteiger partial charge is 0.259 e. The van der Waals surface area contributed by atoms with Gasteiger partial charge in [0.25, 0.3) is 5.91 Å². The van der Waals surface area contributed by atoms with Crippen LogP contribution in [0.15, 0.2) is 18.5 Å². The van der Waals surface area contributed by atoms with Crippen LogP contribution in [0.25, 0.3) is 5.65 Å². The van der Waals surface area contributed by atoms with Crippen LogP contribution >= 0.6 is 0 Å². The molecule has 2 aromatic heterocycles. The number of hydrogen-bond acceptors (Lipinski definition) is 4. The van der Waals surface area contributed by atoms with Gasteiger partial charge in [-0.05, 0) is 44.2 Å². The van der Waals surface area contributed by atoms with Crippen LogP contribution in [-0.2, 0) is 0 Å². The monoisotopic (exact) mass is 299 g/mol. The van der Waals surface area contributed by atoms with E-state index in [0.717, 1.165) is 44.7 Å². The highest BCUT2D eigenvalue weighted by molar-refractivity contribution is 5.99. The van der Waals surface area contributed by atoms with E-state index in [2.05, 4.69) is 15.4 Å². The van der Waals surface area contributed by atoms with E-state index in [0.29, 0.717) is 16.6 Å². The summed E-state index contributed by atoms with van der Waals surface area (Å²) in [5.74, 6) is 0.0638. The maximum absolute atomic E-state index is 12.8. The first kappa shape index (κ1) is 13.7. The largest absolute Gasteiger partial charge is 0.338 e. The molecule has 22 heavy (non-hydrogen) atoms. The molecular formula is C16H21N5O. The van der Waals surface area contributed by atoms with Crippen LogP contribution in [0.2, 0.25) is 0 Å². The third-order valence-corrected chi connectivity index (χ3v) is 5.18. The van der Waals surface area contributed by atoms with Crippen LogP contribution in [0.5, 0.6) is 0 Å². The van der Waals surface area contributed by atoms with E-state index in [1.54, 1.807) is 10.7 Å². The Labute approximate surface area is 129 Å². The molecule has 0 bridgehead atoms. The molecule has 0 saturated carbocycles. The zero-order chi connectivity index (χ0) is 15.2. The Morgan fingerprint density at radius 2 is 2.14 bits per heavy atom. The standard InChI is InChI=1S/C16H21N5O/c1-12-2-7-21-14(19-12)13(10-18-21)15(22)20-8-4-16(5-9-20)3-6-17-11-16/h2,7,10,17H,3-6,8-9,11H2,1H3. The topological polar surface area (TPSA) is 62.5 Å². The SMILES string of the molecule is Cc1ccn2ncc(C(=O)N3CCC4(CCNC4)CC3)c2n1. The maximum Gasteiger partial charge on any atom is 0.259 e. The van der Waals surface area contributed by atoms with Gasteiger partial charge in [0.15, 0.2) is 5.65 Å². The number of carbonyl (C=O) groups is 1. The summed E-state index contributed by atoms with van der Waals surface area (Å²) in [6.07, 6.45) is 6.93. The minimum absolute atomic E-state index is 0.0638. The molecular weight excluding hydrogens is 278 g/mol. The van der Waals surface area contributed by atoms with Gasteiger partial charge in [-0.2, -0.15) is 5.10 Å². The second kappa shape index (κ2) is 5.05. The summed E-state index contributed by atoms with van der Waals surface area (Å²) in [7, 11) is 0. The van der Waals surface area contributed by atoms with Gasteiger partial charge in [-0.25, -0.2) is 9.50 Å². The van der Waals surface area contributed by atoms with Crippen molar-refractivity contribution in [3.63, 3.8) is 0 Å². The first-order valence-corrected chi connectivity index (χ1v) is 7.98. The van der Waals surface area contributed by atoms with E-state index < -0.39 is 0 Å². The van der Waals surface area contributed by atoms with Crippen molar-refractivity contribution in [3.05, 3.63) is 29.7 Å². The van der Waals surface area contributed by atoms with E-state index in [4.69, 9.17) is 0 Å². The quantitative estimate of drug-likeness (QED) is 0.861. The molecule has 1 spiro atoms. The summed E-state index contributed by atoms with van der Waals surface area (Å²) < 4.78 is 1.67. The van der Waals surface area contributed by atoms with E-state index >= 15 is 0 Å². The number of aromatic nitrogens is 3. The third kappa shape index (κ3) is 2.18. The molecule has 6 heteroatoms. The van der Waals surface area contributed by atoms with Gasteiger partial charge in [0.05, 0.1) is 6.20 Å². The van der Waals surface area contributed by atoms with Crippen molar-refractivity contribution in [3.8, 4) is 0 Å². The summed E-state index contributed by atoms with van der Waals surface area (Å²) in [6.45, 7) is 5.82. The molecule has 0 radical (unpaired) electrons. The molecule has 6 nitrogen and oxygen atoms in total. The molecule has 4 rings (SSSR count). The number of nitrogens with zero attached hydrogens (tertiary/aromatic N) is 4. The molecule has 0 atom stereocenters. The van der Waals surface area contributed by atoms with Crippen LogP contribution in [-0.4, -0.2) is 51.6 Å². The van der Waals surface area contributed by atoms with Gasteiger partial charge in [0.2, 0.25) is 0 Å². The van der Waals surface area contributed by atoms with Crippen molar-refractivity contribution >= 4 is 11.6 Å². The van der Waals surface area contributed by atoms with E-state index in [1.807, 2.05) is 24.1 Å². The summed E-state index contributed by atoms with van der Waals surface area (Å²) in [5.41, 5.74) is 2.60. The summed E-state index contributed by atoms with van der Waals surface area (Å²) >= 11 is 0. The minimum atomic E-state index is 0.0638. The molecule has 2 aliphatic rings. The Bertz CT molecular complexity index is 706. The highest BCUT2D eigenvalue weighted by Gasteiger charge is 2.38. The second-order valence-electron chi connectivity index (χ2n) is 6.61. The van der Waals surface area contributed by atoms with Crippen molar-refractivity contribution in [2.24, 2.45) is 5.41 Å². The van der Waals surface area contributed by atoms with Crippen molar-refractivity contribution in [2.45, 2.75) is 26.2 Å². The summed E-state index contributed by atoms with van der Waals surface area (Å²) in [5, 5.41) is 7.70. The maximum atomic E-state index is 12.8. The lowest BCUT2D eigenvalue weighted by Crippen LogP contribution is -2.44. The third-order valence-electron chi connectivity index (χ3n) is 5.18. The molecule has 2 aliphatic heterocycles. The normalized spacial score (nSPS) is 20.9. The highest BCUT2D eigenvalue weighted by atomic mass is 16.2. The molecule has 4 heterocycles. The fraction of sp³-hybridized carbons (Fsp3) is 0.562. The lowest BCUT2D eigenvalue weighted by molar-refractivity contribution is 0.0609. The van der Waals surface area contributed by atoms with Crippen LogP contribution in [0.3, 0.4) is 0 Å². The van der Waals surface area contributed by atoms with Crippen molar-refractivity contribution < 1.29 is 4.79 Å². The van der Waals surface area contributed by atoms with Gasteiger partial charge in [-0.15, -0.1) is 0 Å². The lowest BCUT2D eigenvalue weighted by atomic mass is 9.78. The molecule has 0 aromatic carbocycles. The number of carbonyl (C=O) groups excluding carboxylic acids is 1. The molecule has 2 aromatic rings. The average Bonchev–Trinajstić information content (AvgIpc) is 3.14. The zero-order valence-electron chi connectivity index (χ0n) is 12.9. The van der Waals surface area contributed by atoms with Gasteiger partial charge in [0.1, 0.15) is 5.56 Å². The second-order valence-corrected chi connectivity index (χ2v) is 6.61. The molecule has 2 fully saturated rings. The zero-order valence-corrected chi connectivity index (χ0v) is 12.9. The number of amides is 1. The van der Waals surface area contributed by atoms with Gasteiger partial charge in [-0.3, -0.25) is 4.79 Å². The van der Waals surface area contributed by atoms with Crippen LogP contribution in [0.1, 0.15) is 35.3 Å². The molecule has 116 valence electrons. The number of hydrogen-bond donors (Lipinski definition) is 1. The van der Waals surface area contributed by atoms with E-state index in [9.17, 15) is 4.79 Å². The Kier molecular flexibility index (Phi) is 3.14. The van der Waals surface area contributed by atoms with Gasteiger partial charge < -0.3 is 10.2 Å². The fourth-order valence-electron chi connectivity index (χ4n) is 3.69. The minimum Gasteiger partial charge on any atom is -0.338 e. The van der Waals surface area contributed by atoms with Gasteiger partial charge in [-0.1, -0.05) is 0 Å². The predicted molar refractivity (Wildman–Crippen MR) is 82.8 cm³/mol. The van der Waals surface area contributed by atoms with Crippen molar-refractivity contribution in [2.75, 3.05) is 26.2 Å². The Balaban J connectivity index is 1.55. The Hall–Kier alpha value is -1.95. The van der Waals surface area contributed by atoms with Gasteiger partial charge >= 0.3 is 0 Å². The number of likely N-dealkylation sites (tertiary alicyclic amines) is 1. The Morgan fingerprint density at radius 3 is 2.86 bits per heavy atom. The lowest BCUT2D eigenvalue weighted by Gasteiger charge is -2.38. The Morgan fingerprint density at radius 1 is 1.32 bits per heavy atom. The van der Waals surface area contributed by atoms with E-state index in [1.165, 1.54) is 6.42 Å². The van der Waals surface area contributed by atoms with Crippen molar-refractivity contribution in [1.29, 1.82) is 0 Å². The first-order chi connectivity index (χ1) is 10.7. The first-order valence-electron chi connectivity index (χ1n) is 7.98. The number of fused-ring (bicyclic) bond motifs is 1. The van der Waals surface area contributed by atoms with Crippen LogP contribution in [0, 0.1) is 12.3 Å². The summed E-state index contributed by atoms with van der Waals surface area (Å²) in [6, 6.07) is 1.89. The molecule has 2 saturated heterocycles. The van der Waals surface area contributed by atoms with Crippen LogP contribution in [0.4, 0.5) is 0 Å². The average molecular weight is 299 g/mol. The number of nitrogens with one attached hydrogen (secondary N) is 1. The molecule has 0 aliphatic carbocycles. The van der Waals surface area contributed by atoms with E-state index in [-0.39, 0.29) is 5.91 Å². The highest BCUT2D eigenvalue weighted by Crippen LogP contribution is 2.37. The molecule has 1 N–H and O–H groups in total.